The maximum absolute atomic E-state index is 11.4. The van der Waals surface area contributed by atoms with Crippen LogP contribution in [-0.2, 0) is 4.79 Å². The van der Waals surface area contributed by atoms with Crippen molar-refractivity contribution in [3.63, 3.8) is 0 Å². The highest BCUT2D eigenvalue weighted by atomic mass is 32.2. The zero-order valence-electron chi connectivity index (χ0n) is 11.5. The van der Waals surface area contributed by atoms with E-state index in [1.807, 2.05) is 30.0 Å². The van der Waals surface area contributed by atoms with Crippen molar-refractivity contribution in [1.82, 2.24) is 5.32 Å². The van der Waals surface area contributed by atoms with Crippen LogP contribution < -0.4 is 5.32 Å². The van der Waals surface area contributed by atoms with Crippen molar-refractivity contribution < 1.29 is 9.90 Å². The van der Waals surface area contributed by atoms with Gasteiger partial charge in [-0.1, -0.05) is 18.2 Å². The minimum absolute atomic E-state index is 0.157. The van der Waals surface area contributed by atoms with Gasteiger partial charge in [-0.2, -0.15) is 0 Å². The molecule has 1 aromatic carbocycles. The van der Waals surface area contributed by atoms with Gasteiger partial charge in [-0.25, -0.2) is 0 Å². The quantitative estimate of drug-likeness (QED) is 0.625. The standard InChI is InChI=1S/C16H21NO2S/c18-16(19)14-11-6-7-12(10-11)15(14)17-8-9-20-13-4-2-1-3-5-13/h1-5,11-12,14-15,17H,6-10H2,(H,18,19). The summed E-state index contributed by atoms with van der Waals surface area (Å²) in [5, 5.41) is 12.9. The van der Waals surface area contributed by atoms with E-state index in [2.05, 4.69) is 17.4 Å². The average Bonchev–Trinajstić information content (AvgIpc) is 3.05. The fourth-order valence-corrected chi connectivity index (χ4v) is 4.66. The van der Waals surface area contributed by atoms with E-state index >= 15 is 0 Å². The fraction of sp³-hybridized carbons (Fsp3) is 0.562. The molecule has 2 fully saturated rings. The fourth-order valence-electron chi connectivity index (χ4n) is 3.85. The van der Waals surface area contributed by atoms with Gasteiger partial charge < -0.3 is 10.4 Å². The Morgan fingerprint density at radius 3 is 2.75 bits per heavy atom. The van der Waals surface area contributed by atoms with Crippen LogP contribution in [0.5, 0.6) is 0 Å². The summed E-state index contributed by atoms with van der Waals surface area (Å²) in [5.74, 6) is 1.23. The minimum Gasteiger partial charge on any atom is -0.481 e. The average molecular weight is 291 g/mol. The molecule has 0 aromatic heterocycles. The molecule has 4 atom stereocenters. The second kappa shape index (κ2) is 6.19. The highest BCUT2D eigenvalue weighted by Crippen LogP contribution is 2.48. The van der Waals surface area contributed by atoms with Gasteiger partial charge in [0, 0.05) is 23.2 Å². The zero-order valence-corrected chi connectivity index (χ0v) is 12.3. The monoisotopic (exact) mass is 291 g/mol. The first kappa shape index (κ1) is 14.0. The van der Waals surface area contributed by atoms with Crippen molar-refractivity contribution >= 4 is 17.7 Å². The van der Waals surface area contributed by atoms with Crippen LogP contribution in [0, 0.1) is 17.8 Å². The van der Waals surface area contributed by atoms with Gasteiger partial charge in [0.1, 0.15) is 0 Å². The van der Waals surface area contributed by atoms with E-state index in [0.717, 1.165) is 25.1 Å². The lowest BCUT2D eigenvalue weighted by Crippen LogP contribution is -2.44. The molecular weight excluding hydrogens is 270 g/mol. The Kier molecular flexibility index (Phi) is 4.32. The number of rotatable bonds is 6. The van der Waals surface area contributed by atoms with E-state index in [0.29, 0.717) is 11.8 Å². The van der Waals surface area contributed by atoms with Crippen LogP contribution in [0.15, 0.2) is 35.2 Å². The molecule has 4 unspecified atom stereocenters. The molecule has 3 nitrogen and oxygen atoms in total. The number of carboxylic acid groups (broad SMARTS) is 1. The molecular formula is C16H21NO2S. The second-order valence-corrected chi connectivity index (χ2v) is 7.01. The van der Waals surface area contributed by atoms with Crippen LogP contribution >= 0.6 is 11.8 Å². The normalized spacial score (nSPS) is 31.6. The smallest absolute Gasteiger partial charge is 0.308 e. The molecule has 2 aliphatic carbocycles. The van der Waals surface area contributed by atoms with Crippen molar-refractivity contribution in [3.05, 3.63) is 30.3 Å². The maximum atomic E-state index is 11.4. The van der Waals surface area contributed by atoms with Crippen LogP contribution in [0.4, 0.5) is 0 Å². The van der Waals surface area contributed by atoms with Crippen molar-refractivity contribution in [2.45, 2.75) is 30.2 Å². The third kappa shape index (κ3) is 2.86. The molecule has 2 saturated carbocycles. The number of hydrogen-bond acceptors (Lipinski definition) is 3. The predicted octanol–water partition coefficient (Wildman–Crippen LogP) is 2.87. The summed E-state index contributed by atoms with van der Waals surface area (Å²) in [5.41, 5.74) is 0. The Hall–Kier alpha value is -1.00. The topological polar surface area (TPSA) is 49.3 Å². The number of carboxylic acids is 1. The van der Waals surface area contributed by atoms with Gasteiger partial charge in [0.05, 0.1) is 5.92 Å². The maximum Gasteiger partial charge on any atom is 0.308 e. The third-order valence-electron chi connectivity index (χ3n) is 4.70. The number of fused-ring (bicyclic) bond motifs is 2. The molecule has 0 radical (unpaired) electrons. The molecule has 2 aliphatic rings. The molecule has 0 heterocycles. The van der Waals surface area contributed by atoms with E-state index in [4.69, 9.17) is 0 Å². The Morgan fingerprint density at radius 2 is 2.00 bits per heavy atom. The lowest BCUT2D eigenvalue weighted by atomic mass is 9.84. The van der Waals surface area contributed by atoms with Gasteiger partial charge in [-0.3, -0.25) is 4.79 Å². The van der Waals surface area contributed by atoms with Crippen LogP contribution in [0.25, 0.3) is 0 Å². The van der Waals surface area contributed by atoms with Crippen LogP contribution in [0.3, 0.4) is 0 Å². The van der Waals surface area contributed by atoms with Crippen LogP contribution in [-0.4, -0.2) is 29.4 Å². The van der Waals surface area contributed by atoms with E-state index in [9.17, 15) is 9.90 Å². The van der Waals surface area contributed by atoms with Gasteiger partial charge in [0.2, 0.25) is 0 Å². The molecule has 2 N–H and O–H groups in total. The molecule has 108 valence electrons. The summed E-state index contributed by atoms with van der Waals surface area (Å²) >= 11 is 1.82. The summed E-state index contributed by atoms with van der Waals surface area (Å²) in [7, 11) is 0. The van der Waals surface area contributed by atoms with Gasteiger partial charge in [0.25, 0.3) is 0 Å². The molecule has 0 amide bonds. The molecule has 0 spiro atoms. The van der Waals surface area contributed by atoms with Gasteiger partial charge in [-0.15, -0.1) is 11.8 Å². The molecule has 0 saturated heterocycles. The summed E-state index contributed by atoms with van der Waals surface area (Å²) in [6.07, 6.45) is 3.43. The van der Waals surface area contributed by atoms with Crippen molar-refractivity contribution in [3.8, 4) is 0 Å². The van der Waals surface area contributed by atoms with E-state index in [1.54, 1.807) is 0 Å². The number of hydrogen-bond donors (Lipinski definition) is 2. The van der Waals surface area contributed by atoms with E-state index < -0.39 is 5.97 Å². The SMILES string of the molecule is O=C(O)C1C2CCC(C2)C1NCCSc1ccccc1. The van der Waals surface area contributed by atoms with Crippen LogP contribution in [0.2, 0.25) is 0 Å². The zero-order chi connectivity index (χ0) is 13.9. The number of thioether (sulfide) groups is 1. The Labute approximate surface area is 124 Å². The van der Waals surface area contributed by atoms with E-state index in [1.165, 1.54) is 11.3 Å². The Bertz CT molecular complexity index is 465. The minimum atomic E-state index is -0.606. The first-order valence-corrected chi connectivity index (χ1v) is 8.38. The number of nitrogens with one attached hydrogen (secondary N) is 1. The highest BCUT2D eigenvalue weighted by molar-refractivity contribution is 7.99. The van der Waals surface area contributed by atoms with Crippen molar-refractivity contribution in [1.29, 1.82) is 0 Å². The summed E-state index contributed by atoms with van der Waals surface area (Å²) < 4.78 is 0. The van der Waals surface area contributed by atoms with Gasteiger partial charge >= 0.3 is 5.97 Å². The van der Waals surface area contributed by atoms with E-state index in [-0.39, 0.29) is 12.0 Å². The van der Waals surface area contributed by atoms with Gasteiger partial charge in [0.15, 0.2) is 0 Å². The largest absolute Gasteiger partial charge is 0.481 e. The molecule has 4 heteroatoms. The lowest BCUT2D eigenvalue weighted by Gasteiger charge is -2.29. The Balaban J connectivity index is 1.47. The first-order valence-electron chi connectivity index (χ1n) is 7.40. The summed E-state index contributed by atoms with van der Waals surface area (Å²) in [6, 6.07) is 10.5. The highest BCUT2D eigenvalue weighted by Gasteiger charge is 2.50. The van der Waals surface area contributed by atoms with Crippen molar-refractivity contribution in [2.24, 2.45) is 17.8 Å². The number of aliphatic carboxylic acids is 1. The second-order valence-electron chi connectivity index (χ2n) is 5.84. The van der Waals surface area contributed by atoms with Crippen molar-refractivity contribution in [2.75, 3.05) is 12.3 Å². The molecule has 20 heavy (non-hydrogen) atoms. The molecule has 0 aliphatic heterocycles. The molecule has 3 rings (SSSR count). The van der Waals surface area contributed by atoms with Crippen LogP contribution in [0.1, 0.15) is 19.3 Å². The lowest BCUT2D eigenvalue weighted by molar-refractivity contribution is -0.144. The first-order chi connectivity index (χ1) is 9.75. The Morgan fingerprint density at radius 1 is 1.25 bits per heavy atom. The number of carbonyl (C=O) groups is 1. The summed E-state index contributed by atoms with van der Waals surface area (Å²) in [6.45, 7) is 0.886. The van der Waals surface area contributed by atoms with Gasteiger partial charge in [-0.05, 0) is 43.2 Å². The summed E-state index contributed by atoms with van der Waals surface area (Å²) in [4.78, 5) is 12.7. The number of benzene rings is 1. The molecule has 1 aromatic rings. The molecule has 2 bridgehead atoms. The third-order valence-corrected chi connectivity index (χ3v) is 5.71. The predicted molar refractivity (Wildman–Crippen MR) is 80.9 cm³/mol.